The summed E-state index contributed by atoms with van der Waals surface area (Å²) in [5, 5.41) is 8.92. The fourth-order valence-electron chi connectivity index (χ4n) is 1.56. The zero-order valence-electron chi connectivity index (χ0n) is 11.1. The maximum Gasteiger partial charge on any atom is 0.240 e. The van der Waals surface area contributed by atoms with Crippen molar-refractivity contribution in [2.75, 3.05) is 0 Å². The van der Waals surface area contributed by atoms with Crippen LogP contribution < -0.4 is 4.72 Å². The third kappa shape index (κ3) is 3.80. The zero-order chi connectivity index (χ0) is 13.8. The lowest BCUT2D eigenvalue weighted by Crippen LogP contribution is -2.36. The van der Waals surface area contributed by atoms with E-state index in [0.29, 0.717) is 5.56 Å². The van der Waals surface area contributed by atoms with Gasteiger partial charge in [0, 0.05) is 6.04 Å². The van der Waals surface area contributed by atoms with Crippen molar-refractivity contribution >= 4 is 10.0 Å². The van der Waals surface area contributed by atoms with Gasteiger partial charge in [-0.05, 0) is 30.5 Å². The largest absolute Gasteiger partial charge is 0.392 e. The topological polar surface area (TPSA) is 66.4 Å². The average molecular weight is 271 g/mol. The summed E-state index contributed by atoms with van der Waals surface area (Å²) in [5.41, 5.74) is 0.698. The van der Waals surface area contributed by atoms with Crippen LogP contribution in [0.15, 0.2) is 29.2 Å². The summed E-state index contributed by atoms with van der Waals surface area (Å²) in [5.74, 6) is 0.288. The molecule has 0 amide bonds. The molecule has 0 saturated heterocycles. The molecule has 0 aliphatic carbocycles. The molecule has 2 atom stereocenters. The Bertz CT molecular complexity index is 468. The van der Waals surface area contributed by atoms with Gasteiger partial charge in [0.1, 0.15) is 0 Å². The van der Waals surface area contributed by atoms with Gasteiger partial charge >= 0.3 is 0 Å². The normalized spacial score (nSPS) is 15.3. The number of hydrogen-bond donors (Lipinski definition) is 2. The van der Waals surface area contributed by atoms with Gasteiger partial charge in [-0.2, -0.15) is 0 Å². The van der Waals surface area contributed by atoms with Crippen molar-refractivity contribution in [2.24, 2.45) is 5.92 Å². The molecule has 1 aromatic carbocycles. The highest BCUT2D eigenvalue weighted by Crippen LogP contribution is 2.14. The van der Waals surface area contributed by atoms with E-state index < -0.39 is 10.0 Å². The van der Waals surface area contributed by atoms with Crippen LogP contribution in [0.2, 0.25) is 0 Å². The molecule has 0 aliphatic heterocycles. The summed E-state index contributed by atoms with van der Waals surface area (Å²) in [6.45, 7) is 5.83. The first-order valence-electron chi connectivity index (χ1n) is 6.12. The first kappa shape index (κ1) is 15.1. The second-order valence-electron chi connectivity index (χ2n) is 4.60. The van der Waals surface area contributed by atoms with E-state index in [0.717, 1.165) is 6.42 Å². The summed E-state index contributed by atoms with van der Waals surface area (Å²) < 4.78 is 26.8. The van der Waals surface area contributed by atoms with Crippen LogP contribution in [0.5, 0.6) is 0 Å². The van der Waals surface area contributed by atoms with Crippen LogP contribution in [0.3, 0.4) is 0 Å². The quantitative estimate of drug-likeness (QED) is 0.830. The first-order chi connectivity index (χ1) is 8.40. The lowest BCUT2D eigenvalue weighted by molar-refractivity contribution is 0.282. The SMILES string of the molecule is CCC(C)C(C)NS(=O)(=O)c1ccc(CO)cc1. The molecule has 4 nitrogen and oxygen atoms in total. The highest BCUT2D eigenvalue weighted by Gasteiger charge is 2.20. The molecule has 0 bridgehead atoms. The molecular formula is C13H21NO3S. The summed E-state index contributed by atoms with van der Waals surface area (Å²) in [6, 6.07) is 6.15. The van der Waals surface area contributed by atoms with Gasteiger partial charge in [0.15, 0.2) is 0 Å². The Hall–Kier alpha value is -0.910. The molecule has 102 valence electrons. The van der Waals surface area contributed by atoms with E-state index in [4.69, 9.17) is 5.11 Å². The fourth-order valence-corrected chi connectivity index (χ4v) is 2.91. The Morgan fingerprint density at radius 1 is 1.22 bits per heavy atom. The first-order valence-corrected chi connectivity index (χ1v) is 7.61. The number of sulfonamides is 1. The van der Waals surface area contributed by atoms with E-state index in [1.807, 2.05) is 20.8 Å². The smallest absolute Gasteiger partial charge is 0.240 e. The van der Waals surface area contributed by atoms with E-state index in [2.05, 4.69) is 4.72 Å². The Morgan fingerprint density at radius 3 is 2.22 bits per heavy atom. The van der Waals surface area contributed by atoms with Crippen LogP contribution in [0.1, 0.15) is 32.8 Å². The van der Waals surface area contributed by atoms with E-state index in [9.17, 15) is 8.42 Å². The molecule has 0 fully saturated rings. The highest BCUT2D eigenvalue weighted by molar-refractivity contribution is 7.89. The Kier molecular flexibility index (Phi) is 5.31. The summed E-state index contributed by atoms with van der Waals surface area (Å²) in [7, 11) is -3.47. The van der Waals surface area contributed by atoms with Crippen molar-refractivity contribution in [3.8, 4) is 0 Å². The molecule has 0 aromatic heterocycles. The summed E-state index contributed by atoms with van der Waals surface area (Å²) >= 11 is 0. The third-order valence-corrected chi connectivity index (χ3v) is 4.83. The molecule has 2 N–H and O–H groups in total. The maximum atomic E-state index is 12.1. The lowest BCUT2D eigenvalue weighted by atomic mass is 10.0. The van der Waals surface area contributed by atoms with Gasteiger partial charge in [-0.1, -0.05) is 32.4 Å². The molecule has 1 rings (SSSR count). The van der Waals surface area contributed by atoms with Crippen molar-refractivity contribution in [3.05, 3.63) is 29.8 Å². The number of benzene rings is 1. The fraction of sp³-hybridized carbons (Fsp3) is 0.538. The number of aliphatic hydroxyl groups excluding tert-OH is 1. The number of nitrogens with one attached hydrogen (secondary N) is 1. The molecule has 5 heteroatoms. The molecule has 0 radical (unpaired) electrons. The third-order valence-electron chi connectivity index (χ3n) is 3.25. The Morgan fingerprint density at radius 2 is 1.78 bits per heavy atom. The zero-order valence-corrected chi connectivity index (χ0v) is 11.9. The van der Waals surface area contributed by atoms with Gasteiger partial charge in [0.2, 0.25) is 10.0 Å². The molecule has 1 aromatic rings. The van der Waals surface area contributed by atoms with Crippen LogP contribution >= 0.6 is 0 Å². The predicted octanol–water partition coefficient (Wildman–Crippen LogP) is 1.89. The molecular weight excluding hydrogens is 250 g/mol. The standard InChI is InChI=1S/C13H21NO3S/c1-4-10(2)11(3)14-18(16,17)13-7-5-12(9-15)6-8-13/h5-8,10-11,14-15H,4,9H2,1-3H3. The minimum Gasteiger partial charge on any atom is -0.392 e. The van der Waals surface area contributed by atoms with Gasteiger partial charge in [-0.15, -0.1) is 0 Å². The minimum atomic E-state index is -3.47. The average Bonchev–Trinajstić information content (AvgIpc) is 2.37. The van der Waals surface area contributed by atoms with Crippen LogP contribution in [-0.2, 0) is 16.6 Å². The molecule has 2 unspecified atom stereocenters. The van der Waals surface area contributed by atoms with Crippen LogP contribution in [0.4, 0.5) is 0 Å². The molecule has 0 spiro atoms. The van der Waals surface area contributed by atoms with E-state index in [1.54, 1.807) is 12.1 Å². The molecule has 18 heavy (non-hydrogen) atoms. The van der Waals surface area contributed by atoms with Crippen LogP contribution in [0, 0.1) is 5.92 Å². The highest BCUT2D eigenvalue weighted by atomic mass is 32.2. The van der Waals surface area contributed by atoms with Gasteiger partial charge < -0.3 is 5.11 Å². The Labute approximate surface area is 109 Å². The molecule has 0 heterocycles. The maximum absolute atomic E-state index is 12.1. The number of rotatable bonds is 6. The van der Waals surface area contributed by atoms with E-state index in [-0.39, 0.29) is 23.5 Å². The van der Waals surface area contributed by atoms with Crippen molar-refractivity contribution < 1.29 is 13.5 Å². The number of hydrogen-bond acceptors (Lipinski definition) is 3. The van der Waals surface area contributed by atoms with Crippen molar-refractivity contribution in [1.82, 2.24) is 4.72 Å². The predicted molar refractivity (Wildman–Crippen MR) is 71.6 cm³/mol. The molecule has 0 aliphatic rings. The lowest BCUT2D eigenvalue weighted by Gasteiger charge is -2.19. The van der Waals surface area contributed by atoms with Gasteiger partial charge in [-0.3, -0.25) is 0 Å². The summed E-state index contributed by atoms with van der Waals surface area (Å²) in [6.07, 6.45) is 0.924. The Balaban J connectivity index is 2.85. The van der Waals surface area contributed by atoms with E-state index >= 15 is 0 Å². The second kappa shape index (κ2) is 6.31. The monoisotopic (exact) mass is 271 g/mol. The number of aliphatic hydroxyl groups is 1. The van der Waals surface area contributed by atoms with Gasteiger partial charge in [-0.25, -0.2) is 13.1 Å². The van der Waals surface area contributed by atoms with Crippen molar-refractivity contribution in [3.63, 3.8) is 0 Å². The molecule has 0 saturated carbocycles. The summed E-state index contributed by atoms with van der Waals surface area (Å²) in [4.78, 5) is 0.231. The van der Waals surface area contributed by atoms with Crippen molar-refractivity contribution in [1.29, 1.82) is 0 Å². The van der Waals surface area contributed by atoms with Crippen molar-refractivity contribution in [2.45, 2.75) is 44.7 Å². The van der Waals surface area contributed by atoms with Gasteiger partial charge in [0.25, 0.3) is 0 Å². The van der Waals surface area contributed by atoms with Crippen LogP contribution in [-0.4, -0.2) is 19.6 Å². The van der Waals surface area contributed by atoms with Gasteiger partial charge in [0.05, 0.1) is 11.5 Å². The second-order valence-corrected chi connectivity index (χ2v) is 6.31. The minimum absolute atomic E-state index is 0.0863. The van der Waals surface area contributed by atoms with Crippen LogP contribution in [0.25, 0.3) is 0 Å². The van der Waals surface area contributed by atoms with E-state index in [1.165, 1.54) is 12.1 Å².